The molecule has 0 aliphatic heterocycles. The minimum atomic E-state index is 0.268. The molecule has 0 heterocycles. The Kier molecular flexibility index (Phi) is 17.5. The van der Waals surface area contributed by atoms with E-state index in [2.05, 4.69) is 0 Å². The van der Waals surface area contributed by atoms with Crippen molar-refractivity contribution in [1.29, 1.82) is 0 Å². The highest BCUT2D eigenvalue weighted by Gasteiger charge is 1.92. The summed E-state index contributed by atoms with van der Waals surface area (Å²) < 4.78 is 31.2. The first-order valence-electron chi connectivity index (χ1n) is 6.88. The molecule has 0 saturated carbocycles. The fourth-order valence-corrected chi connectivity index (χ4v) is 1.14. The third-order valence-corrected chi connectivity index (χ3v) is 2.06. The second-order valence-electron chi connectivity index (χ2n) is 3.55. The van der Waals surface area contributed by atoms with Gasteiger partial charge in [0, 0.05) is 13.2 Å². The predicted octanol–water partition coefficient (Wildman–Crippen LogP) is 1.08. The Morgan fingerprint density at radius 2 is 0.737 bits per heavy atom. The van der Waals surface area contributed by atoms with Crippen molar-refractivity contribution in [2.75, 3.05) is 72.9 Å². The van der Waals surface area contributed by atoms with Gasteiger partial charge in [-0.15, -0.1) is 0 Å². The van der Waals surface area contributed by atoms with Gasteiger partial charge >= 0.3 is 0 Å². The Morgan fingerprint density at radius 3 is 1.11 bits per heavy atom. The van der Waals surface area contributed by atoms with Gasteiger partial charge in [0.1, 0.15) is 6.79 Å². The lowest BCUT2D eigenvalue weighted by atomic mass is 10.7. The fourth-order valence-electron chi connectivity index (χ4n) is 1.14. The normalized spacial score (nSPS) is 11.1. The van der Waals surface area contributed by atoms with E-state index in [-0.39, 0.29) is 6.79 Å². The van der Waals surface area contributed by atoms with Gasteiger partial charge in [-0.25, -0.2) is 0 Å². The predicted molar refractivity (Wildman–Crippen MR) is 71.4 cm³/mol. The van der Waals surface area contributed by atoms with Crippen LogP contribution in [0.4, 0.5) is 0 Å². The monoisotopic (exact) mass is 280 g/mol. The van der Waals surface area contributed by atoms with Crippen LogP contribution < -0.4 is 0 Å². The lowest BCUT2D eigenvalue weighted by molar-refractivity contribution is -0.0852. The van der Waals surface area contributed by atoms with Gasteiger partial charge in [-0.1, -0.05) is 0 Å². The third kappa shape index (κ3) is 17.8. The lowest BCUT2D eigenvalue weighted by Gasteiger charge is -2.07. The molecule has 0 radical (unpaired) electrons. The smallest absolute Gasteiger partial charge is 0.146 e. The fraction of sp³-hybridized carbons (Fsp3) is 1.00. The number of rotatable bonds is 16. The molecule has 0 aliphatic carbocycles. The summed E-state index contributed by atoms with van der Waals surface area (Å²) in [5, 5.41) is 0. The SMILES string of the molecule is CCOCCOCCOCOCCOCCOCC. The zero-order valence-corrected chi connectivity index (χ0v) is 12.2. The summed E-state index contributed by atoms with van der Waals surface area (Å²) in [4.78, 5) is 0. The van der Waals surface area contributed by atoms with Crippen LogP contribution in [-0.4, -0.2) is 72.9 Å². The summed E-state index contributed by atoms with van der Waals surface area (Å²) in [6, 6.07) is 0. The van der Waals surface area contributed by atoms with Gasteiger partial charge in [0.05, 0.1) is 52.9 Å². The molecule has 19 heavy (non-hydrogen) atoms. The van der Waals surface area contributed by atoms with E-state index >= 15 is 0 Å². The maximum absolute atomic E-state index is 5.27. The molecule has 0 saturated heterocycles. The van der Waals surface area contributed by atoms with Crippen LogP contribution in [0.5, 0.6) is 0 Å². The van der Waals surface area contributed by atoms with E-state index in [0.717, 1.165) is 13.2 Å². The molecule has 6 nitrogen and oxygen atoms in total. The summed E-state index contributed by atoms with van der Waals surface area (Å²) in [5.74, 6) is 0. The van der Waals surface area contributed by atoms with Gasteiger partial charge < -0.3 is 28.4 Å². The number of hydrogen-bond donors (Lipinski definition) is 0. The van der Waals surface area contributed by atoms with Crippen LogP contribution in [0.15, 0.2) is 0 Å². The number of hydrogen-bond acceptors (Lipinski definition) is 6. The van der Waals surface area contributed by atoms with E-state index in [9.17, 15) is 0 Å². The minimum Gasteiger partial charge on any atom is -0.379 e. The zero-order chi connectivity index (χ0) is 14.0. The molecule has 0 spiro atoms. The van der Waals surface area contributed by atoms with Crippen LogP contribution in [0, 0.1) is 0 Å². The van der Waals surface area contributed by atoms with E-state index in [0.29, 0.717) is 52.9 Å². The van der Waals surface area contributed by atoms with Crippen LogP contribution in [0.1, 0.15) is 13.8 Å². The van der Waals surface area contributed by atoms with Crippen molar-refractivity contribution in [1.82, 2.24) is 0 Å². The van der Waals surface area contributed by atoms with E-state index < -0.39 is 0 Å². The average Bonchev–Trinajstić information content (AvgIpc) is 2.43. The summed E-state index contributed by atoms with van der Waals surface area (Å²) in [6.07, 6.45) is 0. The van der Waals surface area contributed by atoms with Crippen molar-refractivity contribution in [2.24, 2.45) is 0 Å². The molecule has 6 heteroatoms. The topological polar surface area (TPSA) is 55.4 Å². The van der Waals surface area contributed by atoms with Crippen LogP contribution in [0.25, 0.3) is 0 Å². The van der Waals surface area contributed by atoms with Gasteiger partial charge in [0.25, 0.3) is 0 Å². The van der Waals surface area contributed by atoms with E-state index in [1.54, 1.807) is 0 Å². The molecule has 0 aliphatic rings. The van der Waals surface area contributed by atoms with Crippen molar-refractivity contribution in [2.45, 2.75) is 13.8 Å². The van der Waals surface area contributed by atoms with Crippen molar-refractivity contribution in [3.63, 3.8) is 0 Å². The summed E-state index contributed by atoms with van der Waals surface area (Å²) >= 11 is 0. The maximum atomic E-state index is 5.27. The molecule has 116 valence electrons. The minimum absolute atomic E-state index is 0.268. The molecule has 0 unspecified atom stereocenters. The molecule has 0 fully saturated rings. The second-order valence-corrected chi connectivity index (χ2v) is 3.55. The zero-order valence-electron chi connectivity index (χ0n) is 12.2. The van der Waals surface area contributed by atoms with Crippen molar-refractivity contribution in [3.8, 4) is 0 Å². The van der Waals surface area contributed by atoms with Crippen LogP contribution in [-0.2, 0) is 28.4 Å². The maximum Gasteiger partial charge on any atom is 0.146 e. The Balaban J connectivity index is 2.88. The molecule has 0 rings (SSSR count). The Labute approximate surface area is 116 Å². The Hall–Kier alpha value is -0.240. The first kappa shape index (κ1) is 18.8. The molecular formula is C13H28O6. The first-order valence-corrected chi connectivity index (χ1v) is 6.88. The number of ether oxygens (including phenoxy) is 6. The van der Waals surface area contributed by atoms with E-state index in [1.807, 2.05) is 13.8 Å². The highest BCUT2D eigenvalue weighted by Crippen LogP contribution is 1.84. The van der Waals surface area contributed by atoms with Gasteiger partial charge in [-0.3, -0.25) is 0 Å². The van der Waals surface area contributed by atoms with E-state index in [1.165, 1.54) is 0 Å². The Bertz CT molecular complexity index is 140. The molecule has 0 atom stereocenters. The summed E-state index contributed by atoms with van der Waals surface area (Å²) in [5.41, 5.74) is 0. The third-order valence-electron chi connectivity index (χ3n) is 2.06. The molecular weight excluding hydrogens is 252 g/mol. The highest BCUT2D eigenvalue weighted by atomic mass is 16.7. The van der Waals surface area contributed by atoms with Crippen LogP contribution in [0.3, 0.4) is 0 Å². The molecule has 0 aromatic heterocycles. The van der Waals surface area contributed by atoms with Gasteiger partial charge in [0.15, 0.2) is 0 Å². The largest absolute Gasteiger partial charge is 0.379 e. The molecule has 0 amide bonds. The van der Waals surface area contributed by atoms with Gasteiger partial charge in [-0.05, 0) is 13.8 Å². The van der Waals surface area contributed by atoms with Crippen LogP contribution in [0.2, 0.25) is 0 Å². The average molecular weight is 280 g/mol. The standard InChI is InChI=1S/C13H28O6/c1-3-14-5-7-16-9-11-18-13-19-12-10-17-8-6-15-4-2/h3-13H2,1-2H3. The van der Waals surface area contributed by atoms with Crippen LogP contribution >= 0.6 is 0 Å². The first-order chi connectivity index (χ1) is 9.41. The van der Waals surface area contributed by atoms with Crippen molar-refractivity contribution >= 4 is 0 Å². The second kappa shape index (κ2) is 17.8. The summed E-state index contributed by atoms with van der Waals surface area (Å²) in [6.45, 7) is 10.3. The Morgan fingerprint density at radius 1 is 0.421 bits per heavy atom. The van der Waals surface area contributed by atoms with Crippen molar-refractivity contribution < 1.29 is 28.4 Å². The van der Waals surface area contributed by atoms with Gasteiger partial charge in [0.2, 0.25) is 0 Å². The molecule has 0 bridgehead atoms. The lowest BCUT2D eigenvalue weighted by Crippen LogP contribution is -2.13. The summed E-state index contributed by atoms with van der Waals surface area (Å²) in [7, 11) is 0. The van der Waals surface area contributed by atoms with Gasteiger partial charge in [-0.2, -0.15) is 0 Å². The van der Waals surface area contributed by atoms with E-state index in [4.69, 9.17) is 28.4 Å². The molecule has 0 aromatic rings. The molecule has 0 aromatic carbocycles. The quantitative estimate of drug-likeness (QED) is 0.311. The highest BCUT2D eigenvalue weighted by molar-refractivity contribution is 4.32. The molecule has 0 N–H and O–H groups in total. The van der Waals surface area contributed by atoms with Crippen molar-refractivity contribution in [3.05, 3.63) is 0 Å².